The summed E-state index contributed by atoms with van der Waals surface area (Å²) >= 11 is 0. The van der Waals surface area contributed by atoms with Crippen molar-refractivity contribution in [1.29, 1.82) is 0 Å². The average molecular weight is 241 g/mol. The molecule has 0 aliphatic heterocycles. The number of H-pyrrole nitrogens is 1. The van der Waals surface area contributed by atoms with Gasteiger partial charge < -0.3 is 14.8 Å². The number of nitrogens with one attached hydrogen (secondary N) is 1. The van der Waals surface area contributed by atoms with E-state index >= 15 is 0 Å². The Balaban J connectivity index is 2.56. The Morgan fingerprint density at radius 3 is 2.67 bits per heavy atom. The minimum Gasteiger partial charge on any atom is -0.506 e. The smallest absolute Gasteiger partial charge is 0.143 e. The van der Waals surface area contributed by atoms with Gasteiger partial charge in [-0.15, -0.1) is 0 Å². The van der Waals surface area contributed by atoms with E-state index in [1.165, 1.54) is 5.56 Å². The van der Waals surface area contributed by atoms with Crippen LogP contribution < -0.4 is 4.74 Å². The highest BCUT2D eigenvalue weighted by atomic mass is 16.5. The molecule has 3 nitrogen and oxygen atoms in total. The zero-order chi connectivity index (χ0) is 12.9. The third kappa shape index (κ3) is 1.37. The molecule has 2 aromatic carbocycles. The summed E-state index contributed by atoms with van der Waals surface area (Å²) in [5.74, 6) is 0.934. The van der Waals surface area contributed by atoms with Crippen molar-refractivity contribution in [2.75, 3.05) is 7.11 Å². The molecule has 0 amide bonds. The molecule has 0 saturated heterocycles. The van der Waals surface area contributed by atoms with Crippen LogP contribution in [0.2, 0.25) is 0 Å². The number of fused-ring (bicyclic) bond motifs is 3. The van der Waals surface area contributed by atoms with Crippen molar-refractivity contribution in [3.63, 3.8) is 0 Å². The van der Waals surface area contributed by atoms with Crippen LogP contribution in [0.25, 0.3) is 21.8 Å². The Hall–Kier alpha value is -2.16. The fourth-order valence-corrected chi connectivity index (χ4v) is 2.53. The van der Waals surface area contributed by atoms with Crippen molar-refractivity contribution >= 4 is 21.8 Å². The van der Waals surface area contributed by atoms with Crippen molar-refractivity contribution in [3.8, 4) is 11.5 Å². The number of phenolic OH excluding ortho intramolecular Hbond substituents is 1. The van der Waals surface area contributed by atoms with Crippen LogP contribution in [0.1, 0.15) is 11.1 Å². The number of hydrogen-bond acceptors (Lipinski definition) is 2. The second kappa shape index (κ2) is 3.67. The molecule has 0 unspecified atom stereocenters. The molecule has 0 atom stereocenters. The summed E-state index contributed by atoms with van der Waals surface area (Å²) in [6.45, 7) is 4.07. The summed E-state index contributed by atoms with van der Waals surface area (Å²) in [6.07, 6.45) is 0. The van der Waals surface area contributed by atoms with Crippen LogP contribution in [0, 0.1) is 13.8 Å². The molecular formula is C15H15NO2. The van der Waals surface area contributed by atoms with Gasteiger partial charge in [-0.1, -0.05) is 11.6 Å². The molecule has 0 saturated carbocycles. The van der Waals surface area contributed by atoms with Gasteiger partial charge in [0, 0.05) is 27.9 Å². The number of aromatic amines is 1. The first-order valence-electron chi connectivity index (χ1n) is 5.90. The molecule has 0 aliphatic rings. The number of phenols is 1. The lowest BCUT2D eigenvalue weighted by atomic mass is 10.0. The van der Waals surface area contributed by atoms with Gasteiger partial charge in [0.2, 0.25) is 0 Å². The molecule has 3 heteroatoms. The Kier molecular flexibility index (Phi) is 2.23. The zero-order valence-corrected chi connectivity index (χ0v) is 10.7. The van der Waals surface area contributed by atoms with E-state index < -0.39 is 0 Å². The molecule has 92 valence electrons. The van der Waals surface area contributed by atoms with Crippen LogP contribution in [0.5, 0.6) is 11.5 Å². The number of aromatic nitrogens is 1. The van der Waals surface area contributed by atoms with Gasteiger partial charge in [0.05, 0.1) is 12.6 Å². The quantitative estimate of drug-likeness (QED) is 0.683. The van der Waals surface area contributed by atoms with E-state index in [2.05, 4.69) is 24.0 Å². The van der Waals surface area contributed by atoms with Gasteiger partial charge >= 0.3 is 0 Å². The number of methoxy groups -OCH3 is 1. The Labute approximate surface area is 105 Å². The minimum absolute atomic E-state index is 0.223. The summed E-state index contributed by atoms with van der Waals surface area (Å²) in [7, 11) is 1.62. The van der Waals surface area contributed by atoms with Crippen LogP contribution in [0.15, 0.2) is 24.3 Å². The van der Waals surface area contributed by atoms with Crippen LogP contribution in [-0.4, -0.2) is 17.2 Å². The molecule has 0 fully saturated rings. The molecule has 1 heterocycles. The Bertz CT molecular complexity index is 756. The van der Waals surface area contributed by atoms with E-state index in [-0.39, 0.29) is 5.75 Å². The van der Waals surface area contributed by atoms with Gasteiger partial charge in [0.1, 0.15) is 11.5 Å². The van der Waals surface area contributed by atoms with Crippen LogP contribution in [0.3, 0.4) is 0 Å². The molecule has 3 aromatic rings. The Morgan fingerprint density at radius 2 is 1.94 bits per heavy atom. The second-order valence-electron chi connectivity index (χ2n) is 4.65. The van der Waals surface area contributed by atoms with Gasteiger partial charge in [0.15, 0.2) is 0 Å². The standard InChI is InChI=1S/C15H15NO2/c1-8-4-5-11-10(6-8)14-9(2)13(18-3)7-12(17)15(14)16-11/h4-7,16-17H,1-3H3. The lowest BCUT2D eigenvalue weighted by Gasteiger charge is -2.07. The molecule has 2 N–H and O–H groups in total. The first-order chi connectivity index (χ1) is 8.61. The summed E-state index contributed by atoms with van der Waals surface area (Å²) in [6, 6.07) is 7.87. The van der Waals surface area contributed by atoms with Crippen molar-refractivity contribution in [1.82, 2.24) is 4.98 Å². The van der Waals surface area contributed by atoms with Crippen LogP contribution in [-0.2, 0) is 0 Å². The fraction of sp³-hybridized carbons (Fsp3) is 0.200. The third-order valence-corrected chi connectivity index (χ3v) is 3.44. The van der Waals surface area contributed by atoms with E-state index in [1.54, 1.807) is 13.2 Å². The second-order valence-corrected chi connectivity index (χ2v) is 4.65. The topological polar surface area (TPSA) is 45.2 Å². The highest BCUT2D eigenvalue weighted by Gasteiger charge is 2.14. The highest BCUT2D eigenvalue weighted by molar-refractivity contribution is 6.11. The van der Waals surface area contributed by atoms with E-state index in [1.807, 2.05) is 13.0 Å². The fourth-order valence-electron chi connectivity index (χ4n) is 2.53. The van der Waals surface area contributed by atoms with Crippen LogP contribution in [0.4, 0.5) is 0 Å². The summed E-state index contributed by atoms with van der Waals surface area (Å²) in [5, 5.41) is 12.2. The molecular weight excluding hydrogens is 226 g/mol. The molecule has 3 rings (SSSR count). The molecule has 0 radical (unpaired) electrons. The molecule has 1 aromatic heterocycles. The lowest BCUT2D eigenvalue weighted by Crippen LogP contribution is -1.88. The van der Waals surface area contributed by atoms with E-state index in [4.69, 9.17) is 4.74 Å². The maximum Gasteiger partial charge on any atom is 0.143 e. The predicted molar refractivity (Wildman–Crippen MR) is 73.5 cm³/mol. The normalized spacial score (nSPS) is 11.3. The van der Waals surface area contributed by atoms with Crippen molar-refractivity contribution in [3.05, 3.63) is 35.4 Å². The van der Waals surface area contributed by atoms with Crippen LogP contribution >= 0.6 is 0 Å². The highest BCUT2D eigenvalue weighted by Crippen LogP contribution is 2.38. The van der Waals surface area contributed by atoms with Crippen molar-refractivity contribution in [2.45, 2.75) is 13.8 Å². The van der Waals surface area contributed by atoms with E-state index in [0.717, 1.165) is 27.4 Å². The summed E-state index contributed by atoms with van der Waals surface area (Å²) < 4.78 is 5.31. The number of aromatic hydroxyl groups is 1. The number of rotatable bonds is 1. The number of hydrogen-bond donors (Lipinski definition) is 2. The molecule has 0 bridgehead atoms. The van der Waals surface area contributed by atoms with Crippen molar-refractivity contribution < 1.29 is 9.84 Å². The number of ether oxygens (including phenoxy) is 1. The maximum atomic E-state index is 10.1. The first-order valence-corrected chi connectivity index (χ1v) is 5.90. The maximum absolute atomic E-state index is 10.1. The third-order valence-electron chi connectivity index (χ3n) is 3.44. The minimum atomic E-state index is 0.223. The van der Waals surface area contributed by atoms with Gasteiger partial charge in [-0.3, -0.25) is 0 Å². The monoisotopic (exact) mass is 241 g/mol. The van der Waals surface area contributed by atoms with Crippen molar-refractivity contribution in [2.24, 2.45) is 0 Å². The summed E-state index contributed by atoms with van der Waals surface area (Å²) in [4.78, 5) is 3.26. The lowest BCUT2D eigenvalue weighted by molar-refractivity contribution is 0.406. The molecule has 18 heavy (non-hydrogen) atoms. The van der Waals surface area contributed by atoms with Gasteiger partial charge in [-0.2, -0.15) is 0 Å². The zero-order valence-electron chi connectivity index (χ0n) is 10.7. The van der Waals surface area contributed by atoms with E-state index in [9.17, 15) is 5.11 Å². The molecule has 0 spiro atoms. The van der Waals surface area contributed by atoms with E-state index in [0.29, 0.717) is 5.75 Å². The van der Waals surface area contributed by atoms with Gasteiger partial charge in [0.25, 0.3) is 0 Å². The van der Waals surface area contributed by atoms with Gasteiger partial charge in [-0.25, -0.2) is 0 Å². The first kappa shape index (κ1) is 11.0. The largest absolute Gasteiger partial charge is 0.506 e. The molecule has 0 aliphatic carbocycles. The summed E-state index contributed by atoms with van der Waals surface area (Å²) in [5.41, 5.74) is 4.04. The Morgan fingerprint density at radius 1 is 1.17 bits per heavy atom. The number of aryl methyl sites for hydroxylation is 2. The predicted octanol–water partition coefficient (Wildman–Crippen LogP) is 3.65. The SMILES string of the molecule is COc1cc(O)c2[nH]c3ccc(C)cc3c2c1C. The van der Waals surface area contributed by atoms with Gasteiger partial charge in [-0.05, 0) is 26.0 Å². The average Bonchev–Trinajstić information content (AvgIpc) is 2.73. The number of benzene rings is 2.